The van der Waals surface area contributed by atoms with Crippen molar-refractivity contribution >= 4 is 45.3 Å². The van der Waals surface area contributed by atoms with Gasteiger partial charge >= 0.3 is 0 Å². The molecule has 0 saturated carbocycles. The second-order valence-corrected chi connectivity index (χ2v) is 7.53. The van der Waals surface area contributed by atoms with Gasteiger partial charge in [-0.05, 0) is 35.9 Å². The molecular weight excluding hydrogens is 392 g/mol. The van der Waals surface area contributed by atoms with E-state index in [4.69, 9.17) is 11.6 Å². The third-order valence-electron chi connectivity index (χ3n) is 5.28. The van der Waals surface area contributed by atoms with Gasteiger partial charge in [-0.25, -0.2) is 0 Å². The molecule has 3 aromatic carbocycles. The summed E-state index contributed by atoms with van der Waals surface area (Å²) in [5, 5.41) is 7.39. The van der Waals surface area contributed by atoms with Gasteiger partial charge in [0, 0.05) is 40.1 Å². The molecule has 0 aliphatic rings. The quantitative estimate of drug-likeness (QED) is 0.271. The van der Waals surface area contributed by atoms with Crippen LogP contribution in [0.4, 0.5) is 5.69 Å². The fourth-order valence-electron chi connectivity index (χ4n) is 3.88. The maximum absolute atomic E-state index is 6.10. The van der Waals surface area contributed by atoms with E-state index in [0.717, 1.165) is 38.8 Å². The zero-order chi connectivity index (χ0) is 20.5. The Morgan fingerprint density at radius 3 is 2.60 bits per heavy atom. The van der Waals surface area contributed by atoms with Gasteiger partial charge in [0.15, 0.2) is 0 Å². The zero-order valence-corrected chi connectivity index (χ0v) is 17.1. The fraction of sp³-hybridized carbons (Fsp3) is 0.0400. The van der Waals surface area contributed by atoms with Gasteiger partial charge in [-0.2, -0.15) is 5.10 Å². The lowest BCUT2D eigenvalue weighted by molar-refractivity contribution is 0.977. The predicted octanol–water partition coefficient (Wildman–Crippen LogP) is 6.49. The fourth-order valence-corrected chi connectivity index (χ4v) is 4.05. The summed E-state index contributed by atoms with van der Waals surface area (Å²) in [7, 11) is 2.09. The monoisotopic (exact) mass is 410 g/mol. The average Bonchev–Trinajstić information content (AvgIpc) is 3.06. The number of anilines is 1. The van der Waals surface area contributed by atoms with Crippen LogP contribution in [0.2, 0.25) is 5.02 Å². The minimum absolute atomic E-state index is 0.666. The van der Waals surface area contributed by atoms with Gasteiger partial charge in [0.1, 0.15) is 0 Å². The number of halogens is 1. The SMILES string of the molecule is Cn1c(-c2ccccc2)c(/C=N\Nc2ccnc3cc(Cl)ccc23)c2ccccc21. The maximum Gasteiger partial charge on any atom is 0.0738 e. The van der Waals surface area contributed by atoms with E-state index < -0.39 is 0 Å². The molecule has 0 bridgehead atoms. The number of fused-ring (bicyclic) bond motifs is 2. The molecule has 30 heavy (non-hydrogen) atoms. The van der Waals surface area contributed by atoms with Crippen LogP contribution >= 0.6 is 11.6 Å². The lowest BCUT2D eigenvalue weighted by Gasteiger charge is -2.07. The Bertz CT molecular complexity index is 1390. The molecule has 0 aliphatic carbocycles. The first-order chi connectivity index (χ1) is 14.7. The van der Waals surface area contributed by atoms with E-state index in [-0.39, 0.29) is 0 Å². The minimum atomic E-state index is 0.666. The lowest BCUT2D eigenvalue weighted by Crippen LogP contribution is -1.96. The summed E-state index contributed by atoms with van der Waals surface area (Å²) in [6.07, 6.45) is 3.65. The molecule has 0 atom stereocenters. The van der Waals surface area contributed by atoms with Crippen LogP contribution in [0.1, 0.15) is 5.56 Å². The van der Waals surface area contributed by atoms with Gasteiger partial charge in [-0.15, -0.1) is 0 Å². The Balaban J connectivity index is 1.58. The number of aromatic nitrogens is 2. The second-order valence-electron chi connectivity index (χ2n) is 7.09. The Morgan fingerprint density at radius 2 is 1.73 bits per heavy atom. The van der Waals surface area contributed by atoms with Crippen LogP contribution in [0.3, 0.4) is 0 Å². The van der Waals surface area contributed by atoms with E-state index in [0.29, 0.717) is 5.02 Å². The summed E-state index contributed by atoms with van der Waals surface area (Å²) < 4.78 is 2.22. The van der Waals surface area contributed by atoms with Crippen molar-refractivity contribution < 1.29 is 0 Å². The highest BCUT2D eigenvalue weighted by Crippen LogP contribution is 2.32. The Hall–Kier alpha value is -3.63. The number of hydrogen-bond acceptors (Lipinski definition) is 3. The normalized spacial score (nSPS) is 11.5. The highest BCUT2D eigenvalue weighted by atomic mass is 35.5. The largest absolute Gasteiger partial charge is 0.343 e. The highest BCUT2D eigenvalue weighted by molar-refractivity contribution is 6.31. The molecule has 0 fully saturated rings. The molecule has 0 spiro atoms. The van der Waals surface area contributed by atoms with Gasteiger partial charge in [0.25, 0.3) is 0 Å². The summed E-state index contributed by atoms with van der Waals surface area (Å²) in [4.78, 5) is 4.39. The first-order valence-electron chi connectivity index (χ1n) is 9.68. The molecular formula is C25H19ClN4. The van der Waals surface area contributed by atoms with Crippen molar-refractivity contribution in [2.45, 2.75) is 0 Å². The van der Waals surface area contributed by atoms with Crippen molar-refractivity contribution in [1.82, 2.24) is 9.55 Å². The smallest absolute Gasteiger partial charge is 0.0738 e. The van der Waals surface area contributed by atoms with E-state index in [2.05, 4.69) is 75.7 Å². The standard InChI is InChI=1S/C25H19ClN4/c1-30-24-10-6-5-9-19(24)21(25(30)17-7-3-2-4-8-17)16-28-29-22-13-14-27-23-15-18(26)11-12-20(22)23/h2-16H,1H3,(H,27,29)/b28-16-. The summed E-state index contributed by atoms with van der Waals surface area (Å²) >= 11 is 6.10. The van der Waals surface area contributed by atoms with Crippen molar-refractivity contribution in [3.05, 3.63) is 95.6 Å². The molecule has 0 saturated heterocycles. The van der Waals surface area contributed by atoms with E-state index >= 15 is 0 Å². The van der Waals surface area contributed by atoms with Crippen LogP contribution in [-0.2, 0) is 7.05 Å². The first kappa shape index (κ1) is 18.4. The summed E-state index contributed by atoms with van der Waals surface area (Å²) in [5.74, 6) is 0. The van der Waals surface area contributed by atoms with E-state index in [1.165, 1.54) is 5.52 Å². The summed E-state index contributed by atoms with van der Waals surface area (Å²) in [6.45, 7) is 0. The summed E-state index contributed by atoms with van der Waals surface area (Å²) in [6, 6.07) is 26.3. The molecule has 2 aromatic heterocycles. The van der Waals surface area contributed by atoms with Gasteiger partial charge in [-0.3, -0.25) is 10.4 Å². The molecule has 0 radical (unpaired) electrons. The molecule has 5 rings (SSSR count). The van der Waals surface area contributed by atoms with Crippen molar-refractivity contribution in [2.75, 3.05) is 5.43 Å². The molecule has 5 aromatic rings. The molecule has 4 nitrogen and oxygen atoms in total. The molecule has 0 amide bonds. The Kier molecular flexibility index (Phi) is 4.69. The number of rotatable bonds is 4. The number of nitrogens with one attached hydrogen (secondary N) is 1. The lowest BCUT2D eigenvalue weighted by atomic mass is 10.1. The van der Waals surface area contributed by atoms with Crippen LogP contribution in [0, 0.1) is 0 Å². The number of hydrogen-bond donors (Lipinski definition) is 1. The van der Waals surface area contributed by atoms with Crippen LogP contribution in [0.25, 0.3) is 33.1 Å². The molecule has 1 N–H and O–H groups in total. The third-order valence-corrected chi connectivity index (χ3v) is 5.51. The number of aryl methyl sites for hydroxylation is 1. The van der Waals surface area contributed by atoms with Gasteiger partial charge in [0.05, 0.1) is 23.1 Å². The first-order valence-corrected chi connectivity index (χ1v) is 10.1. The van der Waals surface area contributed by atoms with Crippen LogP contribution in [-0.4, -0.2) is 15.8 Å². The van der Waals surface area contributed by atoms with Crippen LogP contribution in [0.15, 0.2) is 90.2 Å². The van der Waals surface area contributed by atoms with Gasteiger partial charge in [0.2, 0.25) is 0 Å². The minimum Gasteiger partial charge on any atom is -0.343 e. The second kappa shape index (κ2) is 7.65. The van der Waals surface area contributed by atoms with Gasteiger partial charge < -0.3 is 4.57 Å². The van der Waals surface area contributed by atoms with Crippen molar-refractivity contribution in [2.24, 2.45) is 12.1 Å². The number of para-hydroxylation sites is 1. The molecule has 0 unspecified atom stereocenters. The Morgan fingerprint density at radius 1 is 0.933 bits per heavy atom. The maximum atomic E-state index is 6.10. The zero-order valence-electron chi connectivity index (χ0n) is 16.4. The molecule has 146 valence electrons. The topological polar surface area (TPSA) is 42.2 Å². The van der Waals surface area contributed by atoms with E-state index in [9.17, 15) is 0 Å². The van der Waals surface area contributed by atoms with E-state index in [1.54, 1.807) is 6.20 Å². The van der Waals surface area contributed by atoms with Crippen molar-refractivity contribution in [1.29, 1.82) is 0 Å². The van der Waals surface area contributed by atoms with Crippen LogP contribution < -0.4 is 5.43 Å². The Labute approximate surface area is 179 Å². The number of hydrazone groups is 1. The number of benzene rings is 3. The highest BCUT2D eigenvalue weighted by Gasteiger charge is 2.15. The van der Waals surface area contributed by atoms with Gasteiger partial charge in [-0.1, -0.05) is 60.1 Å². The number of pyridine rings is 1. The van der Waals surface area contributed by atoms with Crippen LogP contribution in [0.5, 0.6) is 0 Å². The van der Waals surface area contributed by atoms with E-state index in [1.807, 2.05) is 36.5 Å². The third kappa shape index (κ3) is 3.21. The molecule has 2 heterocycles. The average molecular weight is 411 g/mol. The molecule has 5 heteroatoms. The number of nitrogens with zero attached hydrogens (tertiary/aromatic N) is 3. The summed E-state index contributed by atoms with van der Waals surface area (Å²) in [5.41, 5.74) is 9.43. The molecule has 0 aliphatic heterocycles. The van der Waals surface area contributed by atoms with Crippen molar-refractivity contribution in [3.63, 3.8) is 0 Å². The van der Waals surface area contributed by atoms with Crippen molar-refractivity contribution in [3.8, 4) is 11.3 Å². The predicted molar refractivity (Wildman–Crippen MR) is 126 cm³/mol.